The highest BCUT2D eigenvalue weighted by Crippen LogP contribution is 2.43. The van der Waals surface area contributed by atoms with E-state index in [1.807, 2.05) is 11.7 Å². The maximum absolute atomic E-state index is 5.81. The number of rotatable bonds is 3. The molecule has 0 bridgehead atoms. The highest BCUT2D eigenvalue weighted by Gasteiger charge is 2.35. The molecular formula is C14H26BrN5. The normalized spacial score (nSPS) is 25.7. The predicted octanol–water partition coefficient (Wildman–Crippen LogP) is 2.93. The van der Waals surface area contributed by atoms with Crippen LogP contribution in [0.25, 0.3) is 0 Å². The van der Waals surface area contributed by atoms with Crippen molar-refractivity contribution in [1.29, 1.82) is 0 Å². The van der Waals surface area contributed by atoms with Crippen molar-refractivity contribution in [2.75, 3.05) is 0 Å². The summed E-state index contributed by atoms with van der Waals surface area (Å²) in [6.07, 6.45) is 4.95. The van der Waals surface area contributed by atoms with E-state index in [0.717, 1.165) is 16.2 Å². The lowest BCUT2D eigenvalue weighted by Gasteiger charge is -2.39. The molecule has 1 aromatic rings. The van der Waals surface area contributed by atoms with Gasteiger partial charge in [-0.1, -0.05) is 26.0 Å². The van der Waals surface area contributed by atoms with Crippen molar-refractivity contribution in [1.82, 2.24) is 20.4 Å². The summed E-state index contributed by atoms with van der Waals surface area (Å²) in [5.41, 5.74) is 4.43. The van der Waals surface area contributed by atoms with E-state index in [4.69, 9.17) is 5.84 Å². The number of hydrogen-bond acceptors (Lipinski definition) is 4. The molecule has 0 amide bonds. The molecule has 1 unspecified atom stereocenters. The first kappa shape index (κ1) is 15.9. The van der Waals surface area contributed by atoms with Crippen LogP contribution in [-0.4, -0.2) is 15.0 Å². The average Bonchev–Trinajstić information content (AvgIpc) is 2.71. The number of aryl methyl sites for hydroxylation is 1. The number of nitrogens with zero attached hydrogens (tertiary/aromatic N) is 3. The van der Waals surface area contributed by atoms with E-state index in [-0.39, 0.29) is 6.04 Å². The smallest absolute Gasteiger partial charge is 0.153 e. The van der Waals surface area contributed by atoms with E-state index in [9.17, 15) is 0 Å². The third-order valence-corrected chi connectivity index (χ3v) is 5.33. The second-order valence-electron chi connectivity index (χ2n) is 7.01. The van der Waals surface area contributed by atoms with E-state index in [0.29, 0.717) is 11.3 Å². The molecule has 0 spiro atoms. The first-order valence-electron chi connectivity index (χ1n) is 7.35. The van der Waals surface area contributed by atoms with Crippen molar-refractivity contribution in [2.45, 2.75) is 52.5 Å². The Labute approximate surface area is 129 Å². The minimum atomic E-state index is 0.116. The van der Waals surface area contributed by atoms with Crippen molar-refractivity contribution >= 4 is 15.9 Å². The van der Waals surface area contributed by atoms with E-state index in [1.165, 1.54) is 25.7 Å². The Bertz CT molecular complexity index is 423. The van der Waals surface area contributed by atoms with Crippen molar-refractivity contribution in [3.05, 3.63) is 10.3 Å². The molecule has 5 nitrogen and oxygen atoms in total. The molecule has 20 heavy (non-hydrogen) atoms. The Balaban J connectivity index is 2.08. The largest absolute Gasteiger partial charge is 0.271 e. The molecule has 1 aromatic heterocycles. The van der Waals surface area contributed by atoms with Gasteiger partial charge in [0.25, 0.3) is 0 Å². The van der Waals surface area contributed by atoms with Crippen molar-refractivity contribution in [3.63, 3.8) is 0 Å². The quantitative estimate of drug-likeness (QED) is 0.653. The number of hydrogen-bond donors (Lipinski definition) is 2. The van der Waals surface area contributed by atoms with Gasteiger partial charge in [-0.25, -0.2) is 4.68 Å². The highest BCUT2D eigenvalue weighted by atomic mass is 79.9. The molecule has 0 radical (unpaired) electrons. The van der Waals surface area contributed by atoms with Crippen molar-refractivity contribution in [2.24, 2.45) is 30.1 Å². The zero-order valence-corrected chi connectivity index (χ0v) is 14.4. The van der Waals surface area contributed by atoms with E-state index >= 15 is 0 Å². The van der Waals surface area contributed by atoms with Gasteiger partial charge in [0.1, 0.15) is 0 Å². The molecular weight excluding hydrogens is 318 g/mol. The second-order valence-corrected chi connectivity index (χ2v) is 7.76. The molecule has 1 saturated carbocycles. The third-order valence-electron chi connectivity index (χ3n) is 4.77. The summed E-state index contributed by atoms with van der Waals surface area (Å²) >= 11 is 3.48. The van der Waals surface area contributed by atoms with Gasteiger partial charge in [-0.2, -0.15) is 0 Å². The first-order chi connectivity index (χ1) is 9.34. The standard InChI is InChI=1S/C14H26BrN5/c1-14(2,3)10-7-5-9(6-8-10)11(17-16)12-13(15)18-19-20(12)4/h9-11,17H,5-8,16H2,1-4H3. The fourth-order valence-corrected chi connectivity index (χ4v) is 4.00. The molecule has 1 atom stereocenters. The summed E-state index contributed by atoms with van der Waals surface area (Å²) in [6, 6.07) is 0.116. The molecule has 1 aliphatic carbocycles. The molecule has 114 valence electrons. The number of hydrazine groups is 1. The Hall–Kier alpha value is -0.460. The summed E-state index contributed by atoms with van der Waals surface area (Å²) < 4.78 is 2.60. The molecule has 1 fully saturated rings. The Morgan fingerprint density at radius 2 is 1.90 bits per heavy atom. The SMILES string of the molecule is Cn1nnc(Br)c1C(NN)C1CCC(C(C)(C)C)CC1. The van der Waals surface area contributed by atoms with Gasteiger partial charge in [-0.3, -0.25) is 11.3 Å². The van der Waals surface area contributed by atoms with Crippen LogP contribution >= 0.6 is 15.9 Å². The van der Waals surface area contributed by atoms with Gasteiger partial charge >= 0.3 is 0 Å². The summed E-state index contributed by atoms with van der Waals surface area (Å²) in [5.74, 6) is 7.17. The number of nitrogens with one attached hydrogen (secondary N) is 1. The molecule has 0 saturated heterocycles. The van der Waals surface area contributed by atoms with Crippen LogP contribution in [0.1, 0.15) is 58.2 Å². The van der Waals surface area contributed by atoms with Crippen molar-refractivity contribution in [3.8, 4) is 0 Å². The van der Waals surface area contributed by atoms with Crippen molar-refractivity contribution < 1.29 is 0 Å². The molecule has 6 heteroatoms. The molecule has 0 aromatic carbocycles. The Morgan fingerprint density at radius 3 is 2.30 bits per heavy atom. The zero-order chi connectivity index (χ0) is 14.9. The lowest BCUT2D eigenvalue weighted by Crippen LogP contribution is -2.38. The van der Waals surface area contributed by atoms with Crippen LogP contribution in [0.15, 0.2) is 4.60 Å². The molecule has 0 aliphatic heterocycles. The summed E-state index contributed by atoms with van der Waals surface area (Å²) in [7, 11) is 1.91. The summed E-state index contributed by atoms with van der Waals surface area (Å²) in [5, 5.41) is 8.13. The Morgan fingerprint density at radius 1 is 1.30 bits per heavy atom. The molecule has 1 aliphatic rings. The molecule has 2 rings (SSSR count). The second kappa shape index (κ2) is 6.12. The number of nitrogens with two attached hydrogens (primary N) is 1. The average molecular weight is 344 g/mol. The number of aromatic nitrogens is 3. The van der Waals surface area contributed by atoms with E-state index in [2.05, 4.69) is 52.4 Å². The van der Waals surface area contributed by atoms with Crippen LogP contribution < -0.4 is 11.3 Å². The van der Waals surface area contributed by atoms with Crippen LogP contribution in [0.2, 0.25) is 0 Å². The maximum Gasteiger partial charge on any atom is 0.153 e. The summed E-state index contributed by atoms with van der Waals surface area (Å²) in [6.45, 7) is 7.04. The first-order valence-corrected chi connectivity index (χ1v) is 8.15. The van der Waals surface area contributed by atoms with Gasteiger partial charge in [0.15, 0.2) is 4.60 Å². The van der Waals surface area contributed by atoms with Gasteiger partial charge in [0, 0.05) is 7.05 Å². The molecule has 1 heterocycles. The van der Waals surface area contributed by atoms with E-state index in [1.54, 1.807) is 0 Å². The lowest BCUT2D eigenvalue weighted by molar-refractivity contribution is 0.131. The predicted molar refractivity (Wildman–Crippen MR) is 83.7 cm³/mol. The Kier molecular flexibility index (Phi) is 4.87. The van der Waals surface area contributed by atoms with Gasteiger partial charge in [-0.15, -0.1) is 5.10 Å². The monoisotopic (exact) mass is 343 g/mol. The van der Waals surface area contributed by atoms with E-state index < -0.39 is 0 Å². The fraction of sp³-hybridized carbons (Fsp3) is 0.857. The van der Waals surface area contributed by atoms with Crippen LogP contribution in [0.4, 0.5) is 0 Å². The highest BCUT2D eigenvalue weighted by molar-refractivity contribution is 9.10. The van der Waals surface area contributed by atoms with Gasteiger partial charge in [-0.05, 0) is 58.9 Å². The maximum atomic E-state index is 5.81. The zero-order valence-electron chi connectivity index (χ0n) is 12.9. The lowest BCUT2D eigenvalue weighted by atomic mass is 9.68. The van der Waals surface area contributed by atoms with Crippen LogP contribution in [-0.2, 0) is 7.05 Å². The number of halogens is 1. The van der Waals surface area contributed by atoms with Crippen LogP contribution in [0.3, 0.4) is 0 Å². The summed E-state index contributed by atoms with van der Waals surface area (Å²) in [4.78, 5) is 0. The topological polar surface area (TPSA) is 68.8 Å². The minimum absolute atomic E-state index is 0.116. The van der Waals surface area contributed by atoms with Gasteiger partial charge in [0.05, 0.1) is 11.7 Å². The third kappa shape index (κ3) is 3.23. The van der Waals surface area contributed by atoms with Gasteiger partial charge in [0.2, 0.25) is 0 Å². The molecule has 3 N–H and O–H groups in total. The minimum Gasteiger partial charge on any atom is -0.271 e. The fourth-order valence-electron chi connectivity index (χ4n) is 3.43. The van der Waals surface area contributed by atoms with Crippen LogP contribution in [0.5, 0.6) is 0 Å². The van der Waals surface area contributed by atoms with Crippen LogP contribution in [0, 0.1) is 17.3 Å². The van der Waals surface area contributed by atoms with Gasteiger partial charge < -0.3 is 0 Å².